The molecule has 0 aliphatic heterocycles. The minimum atomic E-state index is -6.65. The van der Waals surface area contributed by atoms with E-state index in [0.717, 1.165) is 23.3 Å². The Hall–Kier alpha value is -3.60. The molecule has 2 aliphatic carbocycles. The monoisotopic (exact) mass is 1010 g/mol. The van der Waals surface area contributed by atoms with Gasteiger partial charge in [0.1, 0.15) is 0 Å². The van der Waals surface area contributed by atoms with E-state index in [0.29, 0.717) is 59.1 Å². The fourth-order valence-electron chi connectivity index (χ4n) is 8.98. The number of hydrogen-bond acceptors (Lipinski definition) is 2. The summed E-state index contributed by atoms with van der Waals surface area (Å²) >= 11 is -6.65. The van der Waals surface area contributed by atoms with E-state index in [1.54, 1.807) is 62.4 Å². The summed E-state index contributed by atoms with van der Waals surface area (Å²) < 4.78 is 84.2. The molecule has 4 aromatic carbocycles. The Balaban J connectivity index is 1.72. The van der Waals surface area contributed by atoms with Crippen molar-refractivity contribution in [1.82, 2.24) is 10.5 Å². The molecule has 2 N–H and O–H groups in total. The normalized spacial score (nSPS) is 17.1. The summed E-state index contributed by atoms with van der Waals surface area (Å²) in [6, 6.07) is 20.9. The SMILES string of the molecule is CCCC1=Cc2c(-c3ccccc3C(F)(F)F)cccc2[CH]1[Hf]([Cl])([Cl])([B](NC(=O)CC)NC(=O)CC)[CH]1C(CCC)=Cc2c(-c3ccccc3C(F)(F)F)cccc21. The minimum absolute atomic E-state index is 0.0215. The number of carbonyl (C=O) groups excluding carboxylic acids is 2. The van der Waals surface area contributed by atoms with Gasteiger partial charge in [0.25, 0.3) is 0 Å². The molecule has 305 valence electrons. The Kier molecular flexibility index (Phi) is 12.7. The summed E-state index contributed by atoms with van der Waals surface area (Å²) in [6.45, 7) is 7.22. The fraction of sp³-hybridized carbons (Fsp3) is 0.318. The van der Waals surface area contributed by atoms with Crippen molar-refractivity contribution < 1.29 is 51.8 Å². The van der Waals surface area contributed by atoms with Gasteiger partial charge in [0.2, 0.25) is 0 Å². The first-order valence-electron chi connectivity index (χ1n) is 19.6. The Morgan fingerprint density at radius 2 is 0.948 bits per heavy atom. The molecule has 0 spiro atoms. The molecule has 2 atom stereocenters. The van der Waals surface area contributed by atoms with Gasteiger partial charge in [0.05, 0.1) is 0 Å². The molecule has 2 amide bonds. The second-order valence-electron chi connectivity index (χ2n) is 15.0. The summed E-state index contributed by atoms with van der Waals surface area (Å²) in [5.41, 5.74) is 2.62. The zero-order chi connectivity index (χ0) is 42.2. The summed E-state index contributed by atoms with van der Waals surface area (Å²) in [7, 11) is 17.2. The molecule has 0 heterocycles. The number of halogens is 8. The molecule has 0 fully saturated rings. The maximum atomic E-state index is 14.5. The number of allylic oxidation sites excluding steroid dienone is 2. The molecule has 4 aromatic rings. The van der Waals surface area contributed by atoms with Crippen molar-refractivity contribution in [2.45, 2.75) is 85.9 Å². The van der Waals surface area contributed by atoms with Gasteiger partial charge in [-0.15, -0.1) is 0 Å². The van der Waals surface area contributed by atoms with E-state index in [2.05, 4.69) is 10.5 Å². The van der Waals surface area contributed by atoms with Crippen LogP contribution in [0.15, 0.2) is 96.1 Å². The molecule has 2 unspecified atom stereocenters. The van der Waals surface area contributed by atoms with E-state index in [-0.39, 0.29) is 24.0 Å². The second kappa shape index (κ2) is 16.8. The Labute approximate surface area is 343 Å². The summed E-state index contributed by atoms with van der Waals surface area (Å²) in [5.74, 6) is -0.880. The number of hydrogen-bond donors (Lipinski definition) is 2. The van der Waals surface area contributed by atoms with Crippen LogP contribution in [0.5, 0.6) is 0 Å². The van der Waals surface area contributed by atoms with Crippen molar-refractivity contribution in [3.8, 4) is 22.3 Å². The average Bonchev–Trinajstić information content (AvgIpc) is 3.76. The van der Waals surface area contributed by atoms with E-state index >= 15 is 0 Å². The molecule has 0 bridgehead atoms. The van der Waals surface area contributed by atoms with Gasteiger partial charge in [-0.2, -0.15) is 0 Å². The fourth-order valence-corrected chi connectivity index (χ4v) is 38.7. The molecule has 58 heavy (non-hydrogen) atoms. The number of carbonyl (C=O) groups is 2. The van der Waals surface area contributed by atoms with Gasteiger partial charge in [0, 0.05) is 0 Å². The van der Waals surface area contributed by atoms with Crippen molar-refractivity contribution in [3.63, 3.8) is 0 Å². The molecule has 14 heteroatoms. The summed E-state index contributed by atoms with van der Waals surface area (Å²) in [4.78, 5) is 27.1. The first kappa shape index (κ1) is 44.0. The van der Waals surface area contributed by atoms with Crippen molar-refractivity contribution in [1.29, 1.82) is 0 Å². The van der Waals surface area contributed by atoms with E-state index in [9.17, 15) is 35.9 Å². The van der Waals surface area contributed by atoms with E-state index in [1.165, 1.54) is 24.3 Å². The van der Waals surface area contributed by atoms with Gasteiger partial charge in [-0.1, -0.05) is 0 Å². The van der Waals surface area contributed by atoms with Crippen LogP contribution in [0.25, 0.3) is 34.4 Å². The first-order valence-corrected chi connectivity index (χ1v) is 34.7. The van der Waals surface area contributed by atoms with Crippen LogP contribution < -0.4 is 10.5 Å². The molecule has 0 radical (unpaired) electrons. The number of fused-ring (bicyclic) bond motifs is 2. The van der Waals surface area contributed by atoms with Crippen LogP contribution >= 0.6 is 17.2 Å². The topological polar surface area (TPSA) is 58.2 Å². The Bertz CT molecular complexity index is 2150. The number of benzene rings is 4. The first-order chi connectivity index (χ1) is 27.4. The predicted molar refractivity (Wildman–Crippen MR) is 219 cm³/mol. The quantitative estimate of drug-likeness (QED) is 0.104. The van der Waals surface area contributed by atoms with Crippen molar-refractivity contribution in [2.75, 3.05) is 0 Å². The van der Waals surface area contributed by atoms with Crippen LogP contribution in [0.3, 0.4) is 0 Å². The van der Waals surface area contributed by atoms with Crippen molar-refractivity contribution >= 4 is 45.7 Å². The molecular weight excluding hydrogens is 963 g/mol. The van der Waals surface area contributed by atoms with E-state index in [1.807, 2.05) is 26.0 Å². The Morgan fingerprint density at radius 1 is 0.586 bits per heavy atom. The van der Waals surface area contributed by atoms with Crippen molar-refractivity contribution in [2.24, 2.45) is 0 Å². The van der Waals surface area contributed by atoms with Gasteiger partial charge in [-0.05, 0) is 0 Å². The van der Waals surface area contributed by atoms with Crippen molar-refractivity contribution in [3.05, 3.63) is 129 Å². The molecule has 0 saturated heterocycles. The number of nitrogens with one attached hydrogen (secondary N) is 2. The van der Waals surface area contributed by atoms with E-state index < -0.39 is 63.1 Å². The average molecular weight is 1010 g/mol. The summed E-state index contributed by atoms with van der Waals surface area (Å²) in [5, 5.41) is 6.03. The Morgan fingerprint density at radius 3 is 1.29 bits per heavy atom. The molecule has 6 rings (SSSR count). The van der Waals surface area contributed by atoms with Gasteiger partial charge in [0.15, 0.2) is 0 Å². The molecular formula is C44H44BCl2F6HfN2O2. The number of amides is 2. The standard InChI is InChI=1S/2C19H16F3.C6H11BN2O2.2ClH.Hf/c2*1-2-6-13-11-14-7-5-9-15(17(14)12-13)16-8-3-4-10-18(16)19(20,21)22;1-3-5(10)8-7-9-6(11)4-2;;;/h2*3-5,7-12H,2,6H2,1H3;3-4H2,1-2H3,(H-,8,9,10,11);2*1H;/q;;;;;+1/p-1. The molecule has 0 aromatic heterocycles. The number of rotatable bonds is 13. The predicted octanol–water partition coefficient (Wildman–Crippen LogP) is 13.3. The van der Waals surface area contributed by atoms with Gasteiger partial charge in [-0.25, -0.2) is 0 Å². The van der Waals surface area contributed by atoms with Crippen LogP contribution in [-0.2, 0) is 37.8 Å². The van der Waals surface area contributed by atoms with Crippen LogP contribution in [-0.4, -0.2) is 16.4 Å². The van der Waals surface area contributed by atoms with Gasteiger partial charge in [-0.3, -0.25) is 0 Å². The van der Waals surface area contributed by atoms with Crippen LogP contribution in [0.2, 0.25) is 0 Å². The zero-order valence-electron chi connectivity index (χ0n) is 32.6. The third kappa shape index (κ3) is 7.90. The van der Waals surface area contributed by atoms with Crippen LogP contribution in [0, 0.1) is 0 Å². The van der Waals surface area contributed by atoms with Gasteiger partial charge >= 0.3 is 346 Å². The molecule has 2 aliphatic rings. The zero-order valence-corrected chi connectivity index (χ0v) is 37.7. The van der Waals surface area contributed by atoms with Crippen LogP contribution in [0.4, 0.5) is 26.3 Å². The van der Waals surface area contributed by atoms with Crippen LogP contribution in [0.1, 0.15) is 107 Å². The van der Waals surface area contributed by atoms with Gasteiger partial charge < -0.3 is 0 Å². The summed E-state index contributed by atoms with van der Waals surface area (Å²) in [6.07, 6.45) is -3.46. The molecule has 0 saturated carbocycles. The number of alkyl halides is 6. The molecule has 4 nitrogen and oxygen atoms in total. The maximum absolute atomic E-state index is 14.5. The second-order valence-corrected chi connectivity index (χ2v) is 45.4. The third-order valence-electron chi connectivity index (χ3n) is 11.3. The third-order valence-corrected chi connectivity index (χ3v) is 39.9. The van der Waals surface area contributed by atoms with E-state index in [4.69, 9.17) is 17.2 Å².